The first-order valence-electron chi connectivity index (χ1n) is 7.43. The van der Waals surface area contributed by atoms with Gasteiger partial charge in [0.1, 0.15) is 0 Å². The second-order valence-electron chi connectivity index (χ2n) is 6.78. The van der Waals surface area contributed by atoms with Crippen LogP contribution in [-0.2, 0) is 0 Å². The van der Waals surface area contributed by atoms with Crippen molar-refractivity contribution in [3.05, 3.63) is 0 Å². The molecule has 0 aliphatic heterocycles. The monoisotopic (exact) mass is 239 g/mol. The summed E-state index contributed by atoms with van der Waals surface area (Å²) in [4.78, 5) is 0. The van der Waals surface area contributed by atoms with Crippen molar-refractivity contribution < 1.29 is 5.11 Å². The molecular formula is C15H29NO. The highest BCUT2D eigenvalue weighted by Gasteiger charge is 2.42. The Morgan fingerprint density at radius 2 is 1.53 bits per heavy atom. The maximum Gasteiger partial charge on any atom is 0.0677 e. The highest BCUT2D eigenvalue weighted by atomic mass is 16.3. The summed E-state index contributed by atoms with van der Waals surface area (Å²) in [7, 11) is 2.04. The van der Waals surface area contributed by atoms with Gasteiger partial charge in [-0.1, -0.05) is 13.8 Å². The zero-order valence-electron chi connectivity index (χ0n) is 11.7. The molecule has 0 aromatic carbocycles. The summed E-state index contributed by atoms with van der Waals surface area (Å²) < 4.78 is 0. The van der Waals surface area contributed by atoms with E-state index in [0.29, 0.717) is 12.0 Å². The molecule has 0 heterocycles. The minimum absolute atomic E-state index is 0.351. The lowest BCUT2D eigenvalue weighted by Crippen LogP contribution is -2.47. The van der Waals surface area contributed by atoms with Gasteiger partial charge in [0.15, 0.2) is 0 Å². The van der Waals surface area contributed by atoms with Gasteiger partial charge in [0.2, 0.25) is 0 Å². The van der Waals surface area contributed by atoms with Crippen molar-refractivity contribution in [3.8, 4) is 0 Å². The van der Waals surface area contributed by atoms with Gasteiger partial charge in [0.25, 0.3) is 0 Å². The number of aliphatic hydroxyl groups is 1. The molecule has 0 bridgehead atoms. The van der Waals surface area contributed by atoms with Gasteiger partial charge >= 0.3 is 0 Å². The molecule has 2 unspecified atom stereocenters. The van der Waals surface area contributed by atoms with Gasteiger partial charge in [-0.25, -0.2) is 0 Å². The van der Waals surface area contributed by atoms with E-state index in [-0.39, 0.29) is 5.60 Å². The molecule has 2 fully saturated rings. The highest BCUT2D eigenvalue weighted by Crippen LogP contribution is 2.44. The summed E-state index contributed by atoms with van der Waals surface area (Å²) in [6.45, 7) is 4.70. The Morgan fingerprint density at radius 1 is 1.00 bits per heavy atom. The van der Waals surface area contributed by atoms with E-state index in [9.17, 15) is 5.11 Å². The van der Waals surface area contributed by atoms with Crippen LogP contribution in [0.15, 0.2) is 0 Å². The van der Waals surface area contributed by atoms with Crippen molar-refractivity contribution in [1.82, 2.24) is 5.32 Å². The zero-order chi connectivity index (χ0) is 12.5. The van der Waals surface area contributed by atoms with Crippen LogP contribution in [-0.4, -0.2) is 23.8 Å². The summed E-state index contributed by atoms with van der Waals surface area (Å²) in [5.41, 5.74) is -0.351. The maximum absolute atomic E-state index is 10.9. The molecule has 0 radical (unpaired) electrons. The summed E-state index contributed by atoms with van der Waals surface area (Å²) in [6, 6.07) is 0.633. The van der Waals surface area contributed by atoms with Crippen LogP contribution >= 0.6 is 0 Å². The molecule has 2 aliphatic rings. The smallest absolute Gasteiger partial charge is 0.0677 e. The molecule has 17 heavy (non-hydrogen) atoms. The van der Waals surface area contributed by atoms with E-state index in [1.165, 1.54) is 19.3 Å². The lowest BCUT2D eigenvalue weighted by Gasteiger charge is -2.46. The Balaban J connectivity index is 1.96. The first-order valence-corrected chi connectivity index (χ1v) is 7.43. The SMILES string of the molecule is CNC1CCC(O)(C2CC(C)CC(C)C2)CC1. The van der Waals surface area contributed by atoms with Gasteiger partial charge in [-0.2, -0.15) is 0 Å². The lowest BCUT2D eigenvalue weighted by molar-refractivity contribution is -0.0780. The van der Waals surface area contributed by atoms with Crippen LogP contribution in [0, 0.1) is 17.8 Å². The summed E-state index contributed by atoms with van der Waals surface area (Å²) in [5.74, 6) is 2.16. The quantitative estimate of drug-likeness (QED) is 0.776. The molecule has 0 spiro atoms. The topological polar surface area (TPSA) is 32.3 Å². The molecular weight excluding hydrogens is 210 g/mol. The average molecular weight is 239 g/mol. The Hall–Kier alpha value is -0.0800. The zero-order valence-corrected chi connectivity index (χ0v) is 11.7. The van der Waals surface area contributed by atoms with E-state index in [4.69, 9.17) is 0 Å². The number of nitrogens with one attached hydrogen (secondary N) is 1. The van der Waals surface area contributed by atoms with Crippen molar-refractivity contribution in [2.45, 2.75) is 70.4 Å². The lowest BCUT2D eigenvalue weighted by atomic mass is 9.65. The largest absolute Gasteiger partial charge is 0.390 e. The van der Waals surface area contributed by atoms with Crippen LogP contribution in [0.1, 0.15) is 58.8 Å². The van der Waals surface area contributed by atoms with Gasteiger partial charge in [-0.15, -0.1) is 0 Å². The minimum atomic E-state index is -0.351. The predicted octanol–water partition coefficient (Wildman–Crippen LogP) is 2.95. The van der Waals surface area contributed by atoms with Crippen LogP contribution in [0.5, 0.6) is 0 Å². The van der Waals surface area contributed by atoms with E-state index in [2.05, 4.69) is 19.2 Å². The molecule has 2 saturated carbocycles. The average Bonchev–Trinajstić information content (AvgIpc) is 2.29. The van der Waals surface area contributed by atoms with E-state index in [1.807, 2.05) is 7.05 Å². The fourth-order valence-corrected chi connectivity index (χ4v) is 4.20. The normalized spacial score (nSPS) is 48.0. The van der Waals surface area contributed by atoms with Gasteiger partial charge in [0, 0.05) is 6.04 Å². The summed E-state index contributed by atoms with van der Waals surface area (Å²) in [6.07, 6.45) is 8.13. The molecule has 2 N–H and O–H groups in total. The third kappa shape index (κ3) is 3.03. The first-order chi connectivity index (χ1) is 8.03. The molecule has 0 saturated heterocycles. The van der Waals surface area contributed by atoms with Crippen molar-refractivity contribution in [2.75, 3.05) is 7.05 Å². The van der Waals surface area contributed by atoms with Crippen LogP contribution in [0.3, 0.4) is 0 Å². The fourth-order valence-electron chi connectivity index (χ4n) is 4.20. The number of hydrogen-bond donors (Lipinski definition) is 2. The fraction of sp³-hybridized carbons (Fsp3) is 1.00. The number of rotatable bonds is 2. The second-order valence-corrected chi connectivity index (χ2v) is 6.78. The molecule has 0 aromatic rings. The van der Waals surface area contributed by atoms with E-state index in [0.717, 1.165) is 37.5 Å². The molecule has 2 nitrogen and oxygen atoms in total. The van der Waals surface area contributed by atoms with Crippen molar-refractivity contribution in [3.63, 3.8) is 0 Å². The Kier molecular flexibility index (Phi) is 4.14. The Bertz CT molecular complexity index is 235. The molecule has 100 valence electrons. The molecule has 0 aromatic heterocycles. The van der Waals surface area contributed by atoms with Crippen LogP contribution in [0.25, 0.3) is 0 Å². The third-order valence-electron chi connectivity index (χ3n) is 5.20. The van der Waals surface area contributed by atoms with Crippen LogP contribution < -0.4 is 5.32 Å². The molecule has 0 amide bonds. The van der Waals surface area contributed by atoms with E-state index >= 15 is 0 Å². The number of hydrogen-bond acceptors (Lipinski definition) is 2. The highest BCUT2D eigenvalue weighted by molar-refractivity contribution is 4.95. The van der Waals surface area contributed by atoms with Gasteiger partial charge in [-0.3, -0.25) is 0 Å². The molecule has 2 rings (SSSR count). The van der Waals surface area contributed by atoms with E-state index in [1.54, 1.807) is 0 Å². The maximum atomic E-state index is 10.9. The molecule has 2 aliphatic carbocycles. The van der Waals surface area contributed by atoms with Crippen LogP contribution in [0.4, 0.5) is 0 Å². The third-order valence-corrected chi connectivity index (χ3v) is 5.20. The summed E-state index contributed by atoms with van der Waals surface area (Å²) in [5, 5.41) is 14.3. The van der Waals surface area contributed by atoms with Crippen LogP contribution in [0.2, 0.25) is 0 Å². The predicted molar refractivity (Wildman–Crippen MR) is 71.9 cm³/mol. The van der Waals surface area contributed by atoms with Crippen molar-refractivity contribution in [1.29, 1.82) is 0 Å². The first kappa shape index (κ1) is 13.4. The van der Waals surface area contributed by atoms with Gasteiger partial charge < -0.3 is 10.4 Å². The molecule has 2 atom stereocenters. The minimum Gasteiger partial charge on any atom is -0.390 e. The molecule has 2 heteroatoms. The summed E-state index contributed by atoms with van der Waals surface area (Å²) >= 11 is 0. The standard InChI is InChI=1S/C15H29NO/c1-11-8-12(2)10-13(9-11)15(17)6-4-14(16-3)5-7-15/h11-14,16-17H,4-10H2,1-3H3. The Labute approximate surface area is 106 Å². The van der Waals surface area contributed by atoms with Crippen molar-refractivity contribution in [2.24, 2.45) is 17.8 Å². The Morgan fingerprint density at radius 3 is 2.00 bits per heavy atom. The van der Waals surface area contributed by atoms with E-state index < -0.39 is 0 Å². The van der Waals surface area contributed by atoms with Gasteiger partial charge in [0.05, 0.1) is 5.60 Å². The second kappa shape index (κ2) is 5.27. The van der Waals surface area contributed by atoms with Gasteiger partial charge in [-0.05, 0) is 69.7 Å². The van der Waals surface area contributed by atoms with Crippen molar-refractivity contribution >= 4 is 0 Å².